The number of carbonyl (C=O) groups is 1. The van der Waals surface area contributed by atoms with Crippen molar-refractivity contribution < 1.29 is 4.79 Å². The second-order valence-corrected chi connectivity index (χ2v) is 1.80. The van der Waals surface area contributed by atoms with Crippen molar-refractivity contribution in [3.8, 4) is 0 Å². The minimum absolute atomic E-state index is 0. The minimum atomic E-state index is 0. The van der Waals surface area contributed by atoms with Crippen molar-refractivity contribution in [2.75, 3.05) is 0 Å². The normalized spacial score (nSPS) is 7.86. The molecule has 7 heavy (non-hydrogen) atoms. The summed E-state index contributed by atoms with van der Waals surface area (Å²) in [5.41, 5.74) is 0. The Hall–Kier alpha value is 0.670. The average Bonchev–Trinajstić information content (AvgIpc) is 1.35. The third kappa shape index (κ3) is 10.8. The first-order chi connectivity index (χ1) is 2.77. The molecule has 38 valence electrons. The van der Waals surface area contributed by atoms with Crippen molar-refractivity contribution in [3.05, 3.63) is 0 Å². The molecule has 0 fully saturated rings. The van der Waals surface area contributed by atoms with Gasteiger partial charge in [-0.1, -0.05) is 13.8 Å². The van der Waals surface area contributed by atoms with Gasteiger partial charge in [0.25, 0.3) is 0 Å². The Morgan fingerprint density at radius 3 is 2.00 bits per heavy atom. The van der Waals surface area contributed by atoms with E-state index in [1.165, 1.54) is 0 Å². The van der Waals surface area contributed by atoms with E-state index < -0.39 is 0 Å². The predicted molar refractivity (Wildman–Crippen MR) is 32.7 cm³/mol. The van der Waals surface area contributed by atoms with Crippen LogP contribution in [-0.4, -0.2) is 35.8 Å². The van der Waals surface area contributed by atoms with Gasteiger partial charge in [0.15, 0.2) is 0 Å². The summed E-state index contributed by atoms with van der Waals surface area (Å²) in [4.78, 5) is 9.62. The average molecular weight is 110 g/mol. The van der Waals surface area contributed by atoms with Gasteiger partial charge in [-0.3, -0.25) is 0 Å². The Bertz CT molecular complexity index is 43.3. The molecular formula is C5H11NaO. The van der Waals surface area contributed by atoms with Gasteiger partial charge in [0.1, 0.15) is 6.29 Å². The van der Waals surface area contributed by atoms with Gasteiger partial charge in [-0.05, 0) is 5.92 Å². The summed E-state index contributed by atoms with van der Waals surface area (Å²) in [5, 5.41) is 0. The third-order valence-corrected chi connectivity index (χ3v) is 0.568. The number of hydrogen-bond donors (Lipinski definition) is 0. The Morgan fingerprint density at radius 2 is 2.00 bits per heavy atom. The van der Waals surface area contributed by atoms with Gasteiger partial charge >= 0.3 is 29.6 Å². The van der Waals surface area contributed by atoms with Crippen LogP contribution in [0.3, 0.4) is 0 Å². The SMILES string of the molecule is CC(C)CC=O.[NaH]. The van der Waals surface area contributed by atoms with Crippen LogP contribution >= 0.6 is 0 Å². The van der Waals surface area contributed by atoms with Crippen LogP contribution in [0, 0.1) is 5.92 Å². The van der Waals surface area contributed by atoms with E-state index >= 15 is 0 Å². The molecule has 0 heterocycles. The van der Waals surface area contributed by atoms with Crippen LogP contribution in [0.4, 0.5) is 0 Å². The summed E-state index contributed by atoms with van der Waals surface area (Å²) in [5.74, 6) is 0.530. The summed E-state index contributed by atoms with van der Waals surface area (Å²) in [7, 11) is 0. The molecule has 0 aromatic carbocycles. The van der Waals surface area contributed by atoms with E-state index in [9.17, 15) is 4.79 Å². The van der Waals surface area contributed by atoms with Crippen molar-refractivity contribution in [1.29, 1.82) is 0 Å². The molecule has 0 saturated heterocycles. The zero-order chi connectivity index (χ0) is 4.99. The van der Waals surface area contributed by atoms with E-state index in [-0.39, 0.29) is 29.6 Å². The molecule has 0 spiro atoms. The van der Waals surface area contributed by atoms with E-state index in [1.54, 1.807) is 0 Å². The molecule has 0 radical (unpaired) electrons. The summed E-state index contributed by atoms with van der Waals surface area (Å²) in [6.07, 6.45) is 1.64. The first-order valence-electron chi connectivity index (χ1n) is 2.21. The molecule has 2 heteroatoms. The fourth-order valence-corrected chi connectivity index (χ4v) is 0.192. The maximum absolute atomic E-state index is 9.62. The molecule has 0 atom stereocenters. The van der Waals surface area contributed by atoms with Crippen LogP contribution in [0.25, 0.3) is 0 Å². The molecule has 0 aliphatic heterocycles. The van der Waals surface area contributed by atoms with Crippen LogP contribution in [0.1, 0.15) is 20.3 Å². The molecule has 0 aromatic heterocycles. The Labute approximate surface area is 66.8 Å². The van der Waals surface area contributed by atoms with Crippen molar-refractivity contribution >= 4 is 35.8 Å². The molecule has 0 aliphatic carbocycles. The van der Waals surface area contributed by atoms with Gasteiger partial charge in [0.2, 0.25) is 0 Å². The molecule has 0 amide bonds. The second-order valence-electron chi connectivity index (χ2n) is 1.80. The van der Waals surface area contributed by atoms with E-state index in [1.807, 2.05) is 13.8 Å². The summed E-state index contributed by atoms with van der Waals surface area (Å²) < 4.78 is 0. The fraction of sp³-hybridized carbons (Fsp3) is 0.800. The fourth-order valence-electron chi connectivity index (χ4n) is 0.192. The Kier molecular flexibility index (Phi) is 10.1. The molecule has 0 bridgehead atoms. The number of hydrogen-bond acceptors (Lipinski definition) is 1. The van der Waals surface area contributed by atoms with Crippen molar-refractivity contribution in [2.24, 2.45) is 5.92 Å². The summed E-state index contributed by atoms with van der Waals surface area (Å²) >= 11 is 0. The van der Waals surface area contributed by atoms with Crippen LogP contribution < -0.4 is 0 Å². The number of carbonyl (C=O) groups excluding carboxylic acids is 1. The standard InChI is InChI=1S/C5H10O.Na.H/c1-5(2)3-4-6;;/h4-5H,3H2,1-2H3;;. The molecule has 0 rings (SSSR count). The number of rotatable bonds is 2. The van der Waals surface area contributed by atoms with Crippen LogP contribution in [0.2, 0.25) is 0 Å². The summed E-state index contributed by atoms with van der Waals surface area (Å²) in [6, 6.07) is 0. The molecule has 1 nitrogen and oxygen atoms in total. The van der Waals surface area contributed by atoms with E-state index in [0.29, 0.717) is 12.3 Å². The first-order valence-corrected chi connectivity index (χ1v) is 2.21. The van der Waals surface area contributed by atoms with Crippen LogP contribution in [0.5, 0.6) is 0 Å². The molecule has 0 aromatic rings. The second kappa shape index (κ2) is 6.67. The molecule has 0 aliphatic rings. The first kappa shape index (κ1) is 10.6. The Morgan fingerprint density at radius 1 is 1.57 bits per heavy atom. The summed E-state index contributed by atoms with van der Waals surface area (Å²) in [6.45, 7) is 4.04. The zero-order valence-electron chi connectivity index (χ0n) is 4.27. The van der Waals surface area contributed by atoms with Gasteiger partial charge in [0.05, 0.1) is 0 Å². The number of aldehydes is 1. The van der Waals surface area contributed by atoms with Crippen LogP contribution in [-0.2, 0) is 4.79 Å². The van der Waals surface area contributed by atoms with Crippen LogP contribution in [0.15, 0.2) is 0 Å². The van der Waals surface area contributed by atoms with Gasteiger partial charge in [-0.2, -0.15) is 0 Å². The van der Waals surface area contributed by atoms with Gasteiger partial charge in [0, 0.05) is 6.42 Å². The van der Waals surface area contributed by atoms with Gasteiger partial charge in [-0.25, -0.2) is 0 Å². The molecule has 0 N–H and O–H groups in total. The van der Waals surface area contributed by atoms with Crippen molar-refractivity contribution in [1.82, 2.24) is 0 Å². The predicted octanol–water partition coefficient (Wildman–Crippen LogP) is 0.583. The van der Waals surface area contributed by atoms with Gasteiger partial charge in [-0.15, -0.1) is 0 Å². The van der Waals surface area contributed by atoms with E-state index in [4.69, 9.17) is 0 Å². The van der Waals surface area contributed by atoms with Crippen molar-refractivity contribution in [3.63, 3.8) is 0 Å². The van der Waals surface area contributed by atoms with Gasteiger partial charge < -0.3 is 4.79 Å². The topological polar surface area (TPSA) is 17.1 Å². The van der Waals surface area contributed by atoms with E-state index in [0.717, 1.165) is 6.29 Å². The zero-order valence-corrected chi connectivity index (χ0v) is 4.27. The quantitative estimate of drug-likeness (QED) is 0.375. The monoisotopic (exact) mass is 110 g/mol. The van der Waals surface area contributed by atoms with E-state index in [2.05, 4.69) is 0 Å². The Balaban J connectivity index is 0. The van der Waals surface area contributed by atoms with Crippen molar-refractivity contribution in [2.45, 2.75) is 20.3 Å². The molecule has 0 unspecified atom stereocenters. The molecular weight excluding hydrogens is 99.0 g/mol. The third-order valence-electron chi connectivity index (χ3n) is 0.568. The molecule has 0 saturated carbocycles. The maximum atomic E-state index is 9.62.